The van der Waals surface area contributed by atoms with E-state index >= 15 is 0 Å². The molecule has 0 amide bonds. The summed E-state index contributed by atoms with van der Waals surface area (Å²) in [6.45, 7) is 3.95. The van der Waals surface area contributed by atoms with Crippen molar-refractivity contribution in [1.29, 1.82) is 0 Å². The SMILES string of the molecule is COc1ccc(CNc2cc(Nc3ccccc3N3CCOCC3)ncn2)cc1. The molecule has 1 fully saturated rings. The molecule has 150 valence electrons. The number of hydrogen-bond donors (Lipinski definition) is 2. The van der Waals surface area contributed by atoms with E-state index in [1.807, 2.05) is 36.4 Å². The molecule has 3 aromatic rings. The number of aromatic nitrogens is 2. The van der Waals surface area contributed by atoms with Gasteiger partial charge in [-0.05, 0) is 29.8 Å². The van der Waals surface area contributed by atoms with Gasteiger partial charge in [-0.15, -0.1) is 0 Å². The molecule has 1 saturated heterocycles. The number of hydrogen-bond acceptors (Lipinski definition) is 7. The Bertz CT molecular complexity index is 926. The second kappa shape index (κ2) is 9.25. The van der Waals surface area contributed by atoms with Gasteiger partial charge in [-0.25, -0.2) is 9.97 Å². The number of anilines is 4. The molecular formula is C22H25N5O2. The molecule has 1 aliphatic rings. The summed E-state index contributed by atoms with van der Waals surface area (Å²) in [4.78, 5) is 11.0. The highest BCUT2D eigenvalue weighted by Crippen LogP contribution is 2.29. The average molecular weight is 391 g/mol. The van der Waals surface area contributed by atoms with Gasteiger partial charge in [0.05, 0.1) is 31.7 Å². The van der Waals surface area contributed by atoms with Gasteiger partial charge in [-0.3, -0.25) is 0 Å². The zero-order chi connectivity index (χ0) is 19.9. The van der Waals surface area contributed by atoms with E-state index in [2.05, 4.69) is 43.7 Å². The number of rotatable bonds is 7. The standard InChI is InChI=1S/C22H25N5O2/c1-28-18-8-6-17(7-9-18)15-23-21-14-22(25-16-24-21)26-19-4-2-3-5-20(19)27-10-12-29-13-11-27/h2-9,14,16H,10-13,15H2,1H3,(H2,23,24,25,26). The molecule has 0 unspecified atom stereocenters. The van der Waals surface area contributed by atoms with Crippen molar-refractivity contribution in [2.45, 2.75) is 6.54 Å². The number of para-hydroxylation sites is 2. The highest BCUT2D eigenvalue weighted by molar-refractivity contribution is 5.74. The van der Waals surface area contributed by atoms with Crippen LogP contribution in [0.25, 0.3) is 0 Å². The minimum Gasteiger partial charge on any atom is -0.497 e. The minimum atomic E-state index is 0.671. The molecule has 2 heterocycles. The number of ether oxygens (including phenoxy) is 2. The molecule has 1 aliphatic heterocycles. The van der Waals surface area contributed by atoms with Gasteiger partial charge < -0.3 is 25.0 Å². The van der Waals surface area contributed by atoms with Crippen LogP contribution in [-0.4, -0.2) is 43.4 Å². The van der Waals surface area contributed by atoms with Gasteiger partial charge in [0.2, 0.25) is 0 Å². The van der Waals surface area contributed by atoms with Crippen LogP contribution in [0, 0.1) is 0 Å². The van der Waals surface area contributed by atoms with E-state index in [0.717, 1.165) is 60.6 Å². The summed E-state index contributed by atoms with van der Waals surface area (Å²) < 4.78 is 10.7. The molecule has 4 rings (SSSR count). The maximum Gasteiger partial charge on any atom is 0.135 e. The third-order valence-electron chi connectivity index (χ3n) is 4.82. The van der Waals surface area contributed by atoms with E-state index in [0.29, 0.717) is 6.54 Å². The molecule has 0 atom stereocenters. The van der Waals surface area contributed by atoms with Gasteiger partial charge in [0.25, 0.3) is 0 Å². The third-order valence-corrected chi connectivity index (χ3v) is 4.82. The molecule has 2 aromatic carbocycles. The van der Waals surface area contributed by atoms with E-state index in [1.54, 1.807) is 13.4 Å². The average Bonchev–Trinajstić information content (AvgIpc) is 2.79. The molecule has 0 radical (unpaired) electrons. The lowest BCUT2D eigenvalue weighted by molar-refractivity contribution is 0.123. The summed E-state index contributed by atoms with van der Waals surface area (Å²) in [5, 5.41) is 6.78. The largest absolute Gasteiger partial charge is 0.497 e. The lowest BCUT2D eigenvalue weighted by Crippen LogP contribution is -2.36. The maximum atomic E-state index is 5.47. The molecule has 0 saturated carbocycles. The van der Waals surface area contributed by atoms with Crippen LogP contribution in [0.3, 0.4) is 0 Å². The Labute approximate surface area is 170 Å². The minimum absolute atomic E-state index is 0.671. The predicted molar refractivity (Wildman–Crippen MR) is 115 cm³/mol. The van der Waals surface area contributed by atoms with Crippen molar-refractivity contribution in [2.75, 3.05) is 48.9 Å². The number of benzene rings is 2. The van der Waals surface area contributed by atoms with Crippen LogP contribution in [0.2, 0.25) is 0 Å². The van der Waals surface area contributed by atoms with Crippen LogP contribution in [0.4, 0.5) is 23.0 Å². The van der Waals surface area contributed by atoms with Crippen molar-refractivity contribution in [3.8, 4) is 5.75 Å². The third kappa shape index (κ3) is 4.94. The van der Waals surface area contributed by atoms with Crippen LogP contribution in [0.5, 0.6) is 5.75 Å². The Balaban J connectivity index is 1.44. The fourth-order valence-corrected chi connectivity index (χ4v) is 3.26. The van der Waals surface area contributed by atoms with Gasteiger partial charge in [-0.2, -0.15) is 0 Å². The first-order valence-electron chi connectivity index (χ1n) is 9.69. The summed E-state index contributed by atoms with van der Waals surface area (Å²) >= 11 is 0. The summed E-state index contributed by atoms with van der Waals surface area (Å²) in [5.41, 5.74) is 3.33. The van der Waals surface area contributed by atoms with Crippen LogP contribution >= 0.6 is 0 Å². The number of morpholine rings is 1. The summed E-state index contributed by atoms with van der Waals surface area (Å²) in [6, 6.07) is 18.2. The van der Waals surface area contributed by atoms with Gasteiger partial charge in [0.1, 0.15) is 23.7 Å². The number of nitrogens with one attached hydrogen (secondary N) is 2. The molecule has 1 aromatic heterocycles. The molecule has 29 heavy (non-hydrogen) atoms. The van der Waals surface area contributed by atoms with Crippen molar-refractivity contribution in [3.63, 3.8) is 0 Å². The van der Waals surface area contributed by atoms with Crippen LogP contribution < -0.4 is 20.3 Å². The molecule has 0 spiro atoms. The summed E-state index contributed by atoms with van der Waals surface area (Å²) in [6.07, 6.45) is 1.57. The van der Waals surface area contributed by atoms with Gasteiger partial charge in [-0.1, -0.05) is 24.3 Å². The normalized spacial score (nSPS) is 13.8. The van der Waals surface area contributed by atoms with E-state index in [9.17, 15) is 0 Å². The van der Waals surface area contributed by atoms with Gasteiger partial charge >= 0.3 is 0 Å². The molecule has 0 aliphatic carbocycles. The summed E-state index contributed by atoms with van der Waals surface area (Å²) in [5.74, 6) is 2.36. The first-order valence-corrected chi connectivity index (χ1v) is 9.69. The van der Waals surface area contributed by atoms with Crippen LogP contribution in [0.15, 0.2) is 60.9 Å². The van der Waals surface area contributed by atoms with Crippen molar-refractivity contribution >= 4 is 23.0 Å². The Hall–Kier alpha value is -3.32. The fourth-order valence-electron chi connectivity index (χ4n) is 3.26. The zero-order valence-electron chi connectivity index (χ0n) is 16.5. The van der Waals surface area contributed by atoms with E-state index in [4.69, 9.17) is 9.47 Å². The Morgan fingerprint density at radius 1 is 1.00 bits per heavy atom. The van der Waals surface area contributed by atoms with Crippen LogP contribution in [0.1, 0.15) is 5.56 Å². The Kier molecular flexibility index (Phi) is 6.07. The monoisotopic (exact) mass is 391 g/mol. The van der Waals surface area contributed by atoms with Crippen molar-refractivity contribution in [3.05, 3.63) is 66.5 Å². The lowest BCUT2D eigenvalue weighted by atomic mass is 10.2. The molecule has 0 bridgehead atoms. The number of nitrogens with zero attached hydrogens (tertiary/aromatic N) is 3. The second-order valence-electron chi connectivity index (χ2n) is 6.73. The summed E-state index contributed by atoms with van der Waals surface area (Å²) in [7, 11) is 1.67. The fraction of sp³-hybridized carbons (Fsp3) is 0.273. The second-order valence-corrected chi connectivity index (χ2v) is 6.73. The first-order chi connectivity index (χ1) is 14.3. The lowest BCUT2D eigenvalue weighted by Gasteiger charge is -2.30. The molecule has 7 nitrogen and oxygen atoms in total. The topological polar surface area (TPSA) is 71.5 Å². The number of methoxy groups -OCH3 is 1. The van der Waals surface area contributed by atoms with Gasteiger partial charge in [0.15, 0.2) is 0 Å². The highest BCUT2D eigenvalue weighted by atomic mass is 16.5. The van der Waals surface area contributed by atoms with Crippen LogP contribution in [-0.2, 0) is 11.3 Å². The zero-order valence-corrected chi connectivity index (χ0v) is 16.5. The van der Waals surface area contributed by atoms with Crippen molar-refractivity contribution < 1.29 is 9.47 Å². The van der Waals surface area contributed by atoms with Gasteiger partial charge in [0, 0.05) is 25.7 Å². The smallest absolute Gasteiger partial charge is 0.135 e. The van der Waals surface area contributed by atoms with Crippen molar-refractivity contribution in [2.24, 2.45) is 0 Å². The quantitative estimate of drug-likeness (QED) is 0.637. The Morgan fingerprint density at radius 2 is 1.76 bits per heavy atom. The van der Waals surface area contributed by atoms with Crippen molar-refractivity contribution in [1.82, 2.24) is 9.97 Å². The molecular weight excluding hydrogens is 366 g/mol. The first kappa shape index (κ1) is 19.0. The highest BCUT2D eigenvalue weighted by Gasteiger charge is 2.14. The Morgan fingerprint density at radius 3 is 2.55 bits per heavy atom. The van der Waals surface area contributed by atoms with E-state index < -0.39 is 0 Å². The van der Waals surface area contributed by atoms with E-state index in [-0.39, 0.29) is 0 Å². The van der Waals surface area contributed by atoms with E-state index in [1.165, 1.54) is 0 Å². The molecule has 7 heteroatoms. The molecule has 2 N–H and O–H groups in total. The predicted octanol–water partition coefficient (Wildman–Crippen LogP) is 3.68. The maximum absolute atomic E-state index is 5.47.